The Kier molecular flexibility index (Phi) is 3.56. The van der Waals surface area contributed by atoms with E-state index >= 15 is 0 Å². The molecule has 5 nitrogen and oxygen atoms in total. The lowest BCUT2D eigenvalue weighted by molar-refractivity contribution is 0.820. The summed E-state index contributed by atoms with van der Waals surface area (Å²) in [6.07, 6.45) is 10.5. The van der Waals surface area contributed by atoms with Crippen molar-refractivity contribution in [1.29, 1.82) is 0 Å². The van der Waals surface area contributed by atoms with Gasteiger partial charge in [-0.1, -0.05) is 37.4 Å². The summed E-state index contributed by atoms with van der Waals surface area (Å²) in [6.45, 7) is 2.81. The van der Waals surface area contributed by atoms with Gasteiger partial charge in [-0.3, -0.25) is 0 Å². The third-order valence-corrected chi connectivity index (χ3v) is 3.97. The number of aromatic nitrogens is 4. The summed E-state index contributed by atoms with van der Waals surface area (Å²) < 4.78 is 0. The van der Waals surface area contributed by atoms with Gasteiger partial charge < -0.3 is 10.3 Å². The van der Waals surface area contributed by atoms with Crippen molar-refractivity contribution in [2.24, 2.45) is 5.92 Å². The summed E-state index contributed by atoms with van der Waals surface area (Å²) in [4.78, 5) is 16.5. The first kappa shape index (κ1) is 12.9. The molecule has 3 rings (SSSR count). The van der Waals surface area contributed by atoms with E-state index in [2.05, 4.69) is 50.4 Å². The molecule has 2 aromatic rings. The fourth-order valence-electron chi connectivity index (χ4n) is 2.26. The van der Waals surface area contributed by atoms with Crippen LogP contribution >= 0.6 is 12.2 Å². The number of allylic oxidation sites excluding steroid dienone is 3. The van der Waals surface area contributed by atoms with Crippen LogP contribution in [0.25, 0.3) is 11.2 Å². The van der Waals surface area contributed by atoms with Crippen LogP contribution in [-0.4, -0.2) is 31.3 Å². The Labute approximate surface area is 122 Å². The van der Waals surface area contributed by atoms with Crippen LogP contribution in [0.3, 0.4) is 0 Å². The Morgan fingerprint density at radius 3 is 3.10 bits per heavy atom. The summed E-state index contributed by atoms with van der Waals surface area (Å²) in [5, 5.41) is 3.31. The molecule has 1 atom stereocenters. The van der Waals surface area contributed by atoms with Gasteiger partial charge in [0.2, 0.25) is 0 Å². The number of imidazole rings is 1. The third kappa shape index (κ3) is 2.34. The number of thiocarbonyl (C=S) groups is 1. The standard InChI is InChI=1S/C14H15N5S/c1-2-9-4-3-5-10(12(9)20)6-15-13-11-14(17-7-16-11)19-8-18-13/h3-5,7-9H,2,6H2,1H3,(H2,15,16,17,18,19). The van der Waals surface area contributed by atoms with Gasteiger partial charge in [-0.05, 0) is 12.0 Å². The van der Waals surface area contributed by atoms with Crippen molar-refractivity contribution in [3.8, 4) is 0 Å². The number of fused-ring (bicyclic) bond motifs is 1. The van der Waals surface area contributed by atoms with Crippen LogP contribution in [0.2, 0.25) is 0 Å². The van der Waals surface area contributed by atoms with Gasteiger partial charge in [0.05, 0.1) is 6.33 Å². The molecule has 20 heavy (non-hydrogen) atoms. The molecule has 2 N–H and O–H groups in total. The smallest absolute Gasteiger partial charge is 0.182 e. The number of hydrogen-bond donors (Lipinski definition) is 2. The molecule has 0 saturated carbocycles. The first-order valence-electron chi connectivity index (χ1n) is 6.59. The topological polar surface area (TPSA) is 66.5 Å². The lowest BCUT2D eigenvalue weighted by Crippen LogP contribution is -2.20. The second-order valence-corrected chi connectivity index (χ2v) is 5.07. The van der Waals surface area contributed by atoms with Crippen molar-refractivity contribution < 1.29 is 0 Å². The zero-order valence-electron chi connectivity index (χ0n) is 11.1. The predicted octanol–water partition coefficient (Wildman–Crippen LogP) is 2.66. The first-order valence-corrected chi connectivity index (χ1v) is 7.00. The highest BCUT2D eigenvalue weighted by Gasteiger charge is 2.16. The summed E-state index contributed by atoms with van der Waals surface area (Å²) in [6, 6.07) is 0. The van der Waals surface area contributed by atoms with Gasteiger partial charge in [0.25, 0.3) is 0 Å². The normalized spacial score (nSPS) is 18.4. The number of H-pyrrole nitrogens is 1. The van der Waals surface area contributed by atoms with Crippen molar-refractivity contribution in [2.75, 3.05) is 11.9 Å². The first-order chi connectivity index (χ1) is 9.79. The second kappa shape index (κ2) is 5.50. The Hall–Kier alpha value is -2.08. The van der Waals surface area contributed by atoms with Crippen molar-refractivity contribution in [1.82, 2.24) is 19.9 Å². The Morgan fingerprint density at radius 1 is 1.35 bits per heavy atom. The van der Waals surface area contributed by atoms with Crippen molar-refractivity contribution >= 4 is 34.1 Å². The molecule has 0 amide bonds. The molecule has 2 heterocycles. The highest BCUT2D eigenvalue weighted by Crippen LogP contribution is 2.21. The van der Waals surface area contributed by atoms with E-state index in [1.54, 1.807) is 6.33 Å². The quantitative estimate of drug-likeness (QED) is 0.845. The molecule has 0 radical (unpaired) electrons. The van der Waals surface area contributed by atoms with E-state index in [4.69, 9.17) is 12.2 Å². The van der Waals surface area contributed by atoms with Crippen molar-refractivity contribution in [3.05, 3.63) is 36.5 Å². The van der Waals surface area contributed by atoms with Gasteiger partial charge in [-0.25, -0.2) is 15.0 Å². The van der Waals surface area contributed by atoms with Gasteiger partial charge in [-0.2, -0.15) is 0 Å². The minimum atomic E-state index is 0.365. The molecule has 1 aliphatic rings. The van der Waals surface area contributed by atoms with Crippen LogP contribution in [0.5, 0.6) is 0 Å². The van der Waals surface area contributed by atoms with E-state index in [1.165, 1.54) is 6.33 Å². The number of aromatic amines is 1. The molecule has 102 valence electrons. The summed E-state index contributed by atoms with van der Waals surface area (Å²) in [7, 11) is 0. The highest BCUT2D eigenvalue weighted by atomic mass is 32.1. The molecule has 0 fully saturated rings. The maximum atomic E-state index is 5.53. The Balaban J connectivity index is 1.77. The average Bonchev–Trinajstić information content (AvgIpc) is 2.95. The van der Waals surface area contributed by atoms with Gasteiger partial charge in [0.1, 0.15) is 11.8 Å². The molecule has 1 unspecified atom stereocenters. The van der Waals surface area contributed by atoms with Crippen LogP contribution in [0.1, 0.15) is 13.3 Å². The van der Waals surface area contributed by atoms with E-state index < -0.39 is 0 Å². The number of nitrogens with one attached hydrogen (secondary N) is 2. The van der Waals surface area contributed by atoms with Crippen LogP contribution < -0.4 is 5.32 Å². The lowest BCUT2D eigenvalue weighted by atomic mass is 9.92. The minimum absolute atomic E-state index is 0.365. The number of hydrogen-bond acceptors (Lipinski definition) is 5. The van der Waals surface area contributed by atoms with E-state index in [0.29, 0.717) is 18.1 Å². The van der Waals surface area contributed by atoms with Crippen LogP contribution in [0.15, 0.2) is 36.5 Å². The van der Waals surface area contributed by atoms with Crippen molar-refractivity contribution in [3.63, 3.8) is 0 Å². The molecule has 0 bridgehead atoms. The largest absolute Gasteiger partial charge is 0.364 e. The molecule has 1 aliphatic carbocycles. The summed E-state index contributed by atoms with van der Waals surface area (Å²) >= 11 is 5.53. The number of nitrogens with zero attached hydrogens (tertiary/aromatic N) is 3. The van der Waals surface area contributed by atoms with E-state index in [1.807, 2.05) is 0 Å². The van der Waals surface area contributed by atoms with Crippen LogP contribution in [0.4, 0.5) is 5.82 Å². The molecule has 0 aliphatic heterocycles. The number of rotatable bonds is 4. The second-order valence-electron chi connectivity index (χ2n) is 4.63. The van der Waals surface area contributed by atoms with Gasteiger partial charge in [0.15, 0.2) is 11.5 Å². The van der Waals surface area contributed by atoms with Gasteiger partial charge in [-0.15, -0.1) is 0 Å². The van der Waals surface area contributed by atoms with E-state index in [0.717, 1.165) is 28.2 Å². The van der Waals surface area contributed by atoms with E-state index in [-0.39, 0.29) is 0 Å². The maximum absolute atomic E-state index is 5.53. The van der Waals surface area contributed by atoms with E-state index in [9.17, 15) is 0 Å². The third-order valence-electron chi connectivity index (χ3n) is 3.40. The average molecular weight is 285 g/mol. The molecule has 0 spiro atoms. The van der Waals surface area contributed by atoms with Gasteiger partial charge >= 0.3 is 0 Å². The van der Waals surface area contributed by atoms with Crippen molar-refractivity contribution in [2.45, 2.75) is 13.3 Å². The Bertz CT molecular complexity index is 700. The zero-order valence-corrected chi connectivity index (χ0v) is 11.9. The predicted molar refractivity (Wildman–Crippen MR) is 83.8 cm³/mol. The van der Waals surface area contributed by atoms with Crippen LogP contribution in [-0.2, 0) is 0 Å². The summed E-state index contributed by atoms with van der Waals surface area (Å²) in [5.74, 6) is 1.11. The monoisotopic (exact) mass is 285 g/mol. The molecule has 6 heteroatoms. The van der Waals surface area contributed by atoms with Crippen LogP contribution in [0, 0.1) is 5.92 Å². The maximum Gasteiger partial charge on any atom is 0.182 e. The highest BCUT2D eigenvalue weighted by molar-refractivity contribution is 7.80. The molecule has 0 saturated heterocycles. The SMILES string of the molecule is CCC1C=CC=C(CNc2ncnc3nc[nH]c23)C1=S. The van der Waals surface area contributed by atoms with Gasteiger partial charge in [0, 0.05) is 17.3 Å². The minimum Gasteiger partial charge on any atom is -0.364 e. The fourth-order valence-corrected chi connectivity index (χ4v) is 2.64. The molecule has 2 aromatic heterocycles. The molecule has 0 aromatic carbocycles. The lowest BCUT2D eigenvalue weighted by Gasteiger charge is -2.19. The summed E-state index contributed by atoms with van der Waals surface area (Å²) in [5.41, 5.74) is 2.62. The Morgan fingerprint density at radius 2 is 2.25 bits per heavy atom. The number of anilines is 1. The molecular formula is C14H15N5S. The zero-order chi connectivity index (χ0) is 13.9. The fraction of sp³-hybridized carbons (Fsp3) is 0.286. The molecular weight excluding hydrogens is 270 g/mol.